The van der Waals surface area contributed by atoms with Gasteiger partial charge in [0.05, 0.1) is 24.9 Å². The fraction of sp³-hybridized carbons (Fsp3) is 0.696. The van der Waals surface area contributed by atoms with Crippen molar-refractivity contribution in [1.82, 2.24) is 14.7 Å². The molecule has 3 heterocycles. The van der Waals surface area contributed by atoms with Gasteiger partial charge in [-0.1, -0.05) is 6.92 Å². The number of methoxy groups -OCH3 is 1. The lowest BCUT2D eigenvalue weighted by molar-refractivity contribution is -0.0276. The van der Waals surface area contributed by atoms with Crippen molar-refractivity contribution in [3.8, 4) is 5.75 Å². The SMILES string of the molecule is COc1ccc2cnn(C[C@H](C)CN3[C@@H]4CC[C@H]3CC(OCC3CC3)C4)c2c1. The number of rotatable bonds is 8. The Morgan fingerprint density at radius 2 is 1.89 bits per heavy atom. The summed E-state index contributed by atoms with van der Waals surface area (Å²) in [5.74, 6) is 2.34. The largest absolute Gasteiger partial charge is 0.497 e. The molecule has 5 rings (SSSR count). The monoisotopic (exact) mass is 383 g/mol. The van der Waals surface area contributed by atoms with E-state index < -0.39 is 0 Å². The molecule has 2 saturated heterocycles. The average molecular weight is 384 g/mol. The van der Waals surface area contributed by atoms with Crippen molar-refractivity contribution in [2.75, 3.05) is 20.3 Å². The lowest BCUT2D eigenvalue weighted by Crippen LogP contribution is -2.47. The van der Waals surface area contributed by atoms with Crippen LogP contribution < -0.4 is 4.74 Å². The van der Waals surface area contributed by atoms with E-state index in [0.29, 0.717) is 12.0 Å². The van der Waals surface area contributed by atoms with Gasteiger partial charge in [-0.25, -0.2) is 0 Å². The second-order valence-corrected chi connectivity index (χ2v) is 9.31. The number of fused-ring (bicyclic) bond motifs is 3. The summed E-state index contributed by atoms with van der Waals surface area (Å²) < 4.78 is 13.8. The number of hydrogen-bond acceptors (Lipinski definition) is 4. The third-order valence-corrected chi connectivity index (χ3v) is 6.96. The predicted octanol–water partition coefficient (Wildman–Crippen LogP) is 4.10. The molecule has 0 N–H and O–H groups in total. The number of aromatic nitrogens is 2. The van der Waals surface area contributed by atoms with Crippen molar-refractivity contribution in [3.63, 3.8) is 0 Å². The fourth-order valence-corrected chi connectivity index (χ4v) is 5.25. The highest BCUT2D eigenvalue weighted by atomic mass is 16.5. The Balaban J connectivity index is 1.20. The Morgan fingerprint density at radius 3 is 2.61 bits per heavy atom. The molecule has 1 aromatic heterocycles. The summed E-state index contributed by atoms with van der Waals surface area (Å²) in [7, 11) is 1.72. The van der Waals surface area contributed by atoms with Crippen LogP contribution in [0.1, 0.15) is 45.4 Å². The van der Waals surface area contributed by atoms with Crippen molar-refractivity contribution in [2.45, 2.75) is 70.2 Å². The first-order chi connectivity index (χ1) is 13.7. The number of nitrogens with zero attached hydrogens (tertiary/aromatic N) is 3. The predicted molar refractivity (Wildman–Crippen MR) is 111 cm³/mol. The maximum Gasteiger partial charge on any atom is 0.121 e. The van der Waals surface area contributed by atoms with Crippen molar-refractivity contribution in [1.29, 1.82) is 0 Å². The van der Waals surface area contributed by atoms with E-state index in [0.717, 1.165) is 43.4 Å². The van der Waals surface area contributed by atoms with E-state index in [1.54, 1.807) is 7.11 Å². The third kappa shape index (κ3) is 3.79. The summed E-state index contributed by atoms with van der Waals surface area (Å²) in [5, 5.41) is 5.82. The highest BCUT2D eigenvalue weighted by Gasteiger charge is 2.41. The minimum atomic E-state index is 0.507. The van der Waals surface area contributed by atoms with Gasteiger partial charge in [0.1, 0.15) is 5.75 Å². The van der Waals surface area contributed by atoms with Crippen LogP contribution in [0.2, 0.25) is 0 Å². The molecule has 5 heteroatoms. The topological polar surface area (TPSA) is 39.5 Å². The molecule has 2 bridgehead atoms. The van der Waals surface area contributed by atoms with Crippen molar-refractivity contribution in [2.24, 2.45) is 11.8 Å². The summed E-state index contributed by atoms with van der Waals surface area (Å²) >= 11 is 0. The lowest BCUT2D eigenvalue weighted by Gasteiger charge is -2.40. The van der Waals surface area contributed by atoms with Gasteiger partial charge in [0.2, 0.25) is 0 Å². The second kappa shape index (κ2) is 7.68. The zero-order valence-corrected chi connectivity index (χ0v) is 17.2. The van der Waals surface area contributed by atoms with Gasteiger partial charge < -0.3 is 9.47 Å². The smallest absolute Gasteiger partial charge is 0.121 e. The molecule has 3 fully saturated rings. The maximum absolute atomic E-state index is 6.24. The Bertz CT molecular complexity index is 801. The normalized spacial score (nSPS) is 28.7. The van der Waals surface area contributed by atoms with Crippen LogP contribution >= 0.6 is 0 Å². The first-order valence-electron chi connectivity index (χ1n) is 11.1. The van der Waals surface area contributed by atoms with Gasteiger partial charge in [-0.05, 0) is 62.5 Å². The van der Waals surface area contributed by atoms with E-state index in [1.807, 2.05) is 12.3 Å². The van der Waals surface area contributed by atoms with E-state index in [9.17, 15) is 0 Å². The van der Waals surface area contributed by atoms with Gasteiger partial charge in [0.15, 0.2) is 0 Å². The molecular weight excluding hydrogens is 350 g/mol. The van der Waals surface area contributed by atoms with Crippen molar-refractivity contribution in [3.05, 3.63) is 24.4 Å². The van der Waals surface area contributed by atoms with E-state index in [2.05, 4.69) is 33.7 Å². The van der Waals surface area contributed by atoms with Crippen LogP contribution in [0.5, 0.6) is 5.75 Å². The van der Waals surface area contributed by atoms with Crippen molar-refractivity contribution >= 4 is 10.9 Å². The molecule has 0 spiro atoms. The minimum Gasteiger partial charge on any atom is -0.497 e. The summed E-state index contributed by atoms with van der Waals surface area (Å²) in [4.78, 5) is 2.79. The van der Waals surface area contributed by atoms with E-state index in [1.165, 1.54) is 49.4 Å². The molecule has 3 aliphatic rings. The number of piperidine rings is 1. The second-order valence-electron chi connectivity index (χ2n) is 9.31. The number of hydrogen-bond donors (Lipinski definition) is 0. The summed E-state index contributed by atoms with van der Waals surface area (Å²) in [6.07, 6.45) is 10.4. The minimum absolute atomic E-state index is 0.507. The van der Waals surface area contributed by atoms with Gasteiger partial charge in [-0.15, -0.1) is 0 Å². The summed E-state index contributed by atoms with van der Waals surface area (Å²) in [6.45, 7) is 5.49. The molecule has 4 atom stereocenters. The quantitative estimate of drug-likeness (QED) is 0.688. The molecule has 152 valence electrons. The molecule has 0 amide bonds. The van der Waals surface area contributed by atoms with Gasteiger partial charge in [-0.2, -0.15) is 5.10 Å². The van der Waals surface area contributed by atoms with Gasteiger partial charge in [0.25, 0.3) is 0 Å². The molecule has 1 saturated carbocycles. The van der Waals surface area contributed by atoms with Crippen LogP contribution in [0.25, 0.3) is 10.9 Å². The zero-order chi connectivity index (χ0) is 19.1. The number of benzene rings is 1. The molecule has 0 radical (unpaired) electrons. The Hall–Kier alpha value is -1.59. The van der Waals surface area contributed by atoms with Crippen LogP contribution in [-0.4, -0.2) is 53.1 Å². The Morgan fingerprint density at radius 1 is 1.11 bits per heavy atom. The summed E-state index contributed by atoms with van der Waals surface area (Å²) in [6, 6.07) is 7.64. The molecule has 2 aromatic rings. The van der Waals surface area contributed by atoms with E-state index >= 15 is 0 Å². The highest BCUT2D eigenvalue weighted by molar-refractivity contribution is 5.80. The van der Waals surface area contributed by atoms with Gasteiger partial charge in [0, 0.05) is 43.2 Å². The maximum atomic E-state index is 6.24. The Kier molecular flexibility index (Phi) is 5.06. The first-order valence-corrected chi connectivity index (χ1v) is 11.1. The third-order valence-electron chi connectivity index (χ3n) is 6.96. The van der Waals surface area contributed by atoms with Crippen LogP contribution in [0.3, 0.4) is 0 Å². The standard InChI is InChI=1S/C23H33N3O2/c1-16(14-26-23-11-21(27-2)8-5-18(23)12-24-26)13-25-19-6-7-20(25)10-22(9-19)28-15-17-3-4-17/h5,8,11-12,16-17,19-20,22H,3-4,6-7,9-10,13-15H2,1-2H3/t16-,19-,20+,22?/m1/s1. The van der Waals surface area contributed by atoms with Crippen LogP contribution in [-0.2, 0) is 11.3 Å². The van der Waals surface area contributed by atoms with E-state index in [4.69, 9.17) is 9.47 Å². The molecule has 1 aliphatic carbocycles. The van der Waals surface area contributed by atoms with Gasteiger partial charge >= 0.3 is 0 Å². The molecular formula is C23H33N3O2. The van der Waals surface area contributed by atoms with Gasteiger partial charge in [-0.3, -0.25) is 9.58 Å². The lowest BCUT2D eigenvalue weighted by atomic mass is 9.98. The number of ether oxygens (including phenoxy) is 2. The first kappa shape index (κ1) is 18.4. The summed E-state index contributed by atoms with van der Waals surface area (Å²) in [5.41, 5.74) is 1.17. The average Bonchev–Trinajstić information content (AvgIpc) is 3.42. The van der Waals surface area contributed by atoms with Crippen molar-refractivity contribution < 1.29 is 9.47 Å². The molecule has 2 aliphatic heterocycles. The fourth-order valence-electron chi connectivity index (χ4n) is 5.25. The molecule has 1 aromatic carbocycles. The van der Waals surface area contributed by atoms with E-state index in [-0.39, 0.29) is 0 Å². The van der Waals surface area contributed by atoms with Crippen LogP contribution in [0, 0.1) is 11.8 Å². The molecule has 28 heavy (non-hydrogen) atoms. The molecule has 5 nitrogen and oxygen atoms in total. The highest BCUT2D eigenvalue weighted by Crippen LogP contribution is 2.38. The Labute approximate surface area is 168 Å². The molecule has 1 unspecified atom stereocenters. The van der Waals surface area contributed by atoms with Crippen LogP contribution in [0.4, 0.5) is 0 Å². The zero-order valence-electron chi connectivity index (χ0n) is 17.2. The van der Waals surface area contributed by atoms with Crippen LogP contribution in [0.15, 0.2) is 24.4 Å².